The van der Waals surface area contributed by atoms with Crippen molar-refractivity contribution in [3.8, 4) is 0 Å². The highest BCUT2D eigenvalue weighted by Gasteiger charge is 2.31. The Morgan fingerprint density at radius 2 is 1.87 bits per heavy atom. The van der Waals surface area contributed by atoms with Gasteiger partial charge in [-0.3, -0.25) is 4.79 Å². The first-order valence-electron chi connectivity index (χ1n) is 4.94. The molecule has 5 heteroatoms. The van der Waals surface area contributed by atoms with Crippen LogP contribution < -0.4 is 0 Å². The average Bonchev–Trinajstić information content (AvgIpc) is 2.11. The molecule has 5 nitrogen and oxygen atoms in total. The van der Waals surface area contributed by atoms with Crippen molar-refractivity contribution >= 4 is 11.9 Å². The number of hydrogen-bond donors (Lipinski definition) is 1. The molecule has 0 saturated heterocycles. The van der Waals surface area contributed by atoms with Gasteiger partial charge in [0.15, 0.2) is 0 Å². The average molecular weight is 217 g/mol. The van der Waals surface area contributed by atoms with E-state index in [4.69, 9.17) is 5.11 Å². The van der Waals surface area contributed by atoms with Crippen LogP contribution in [0.3, 0.4) is 0 Å². The molecule has 1 N–H and O–H groups in total. The molecular formula is C10H19NO4. The van der Waals surface area contributed by atoms with Crippen LogP contribution in [0.4, 0.5) is 0 Å². The Morgan fingerprint density at radius 1 is 1.33 bits per heavy atom. The Balaban J connectivity index is 4.63. The second kappa shape index (κ2) is 5.70. The molecule has 0 atom stereocenters. The molecule has 0 aliphatic heterocycles. The lowest BCUT2D eigenvalue weighted by Crippen LogP contribution is -2.50. The number of aliphatic hydroxyl groups excluding tert-OH is 1. The van der Waals surface area contributed by atoms with Crippen LogP contribution >= 0.6 is 0 Å². The molecule has 0 saturated carbocycles. The molecule has 0 aromatic heterocycles. The molecule has 0 fully saturated rings. The fraction of sp³-hybridized carbons (Fsp3) is 0.800. The van der Waals surface area contributed by atoms with Crippen LogP contribution in [0, 0.1) is 0 Å². The maximum Gasteiger partial charge on any atom is 0.397 e. The summed E-state index contributed by atoms with van der Waals surface area (Å²) in [6.07, 6.45) is 0. The van der Waals surface area contributed by atoms with Crippen molar-refractivity contribution in [3.63, 3.8) is 0 Å². The van der Waals surface area contributed by atoms with Gasteiger partial charge in [-0.2, -0.15) is 0 Å². The molecule has 0 radical (unpaired) electrons. The minimum absolute atomic E-state index is 0.126. The van der Waals surface area contributed by atoms with Crippen molar-refractivity contribution in [1.82, 2.24) is 4.90 Å². The van der Waals surface area contributed by atoms with Gasteiger partial charge in [-0.25, -0.2) is 4.79 Å². The zero-order valence-corrected chi connectivity index (χ0v) is 9.74. The summed E-state index contributed by atoms with van der Waals surface area (Å²) >= 11 is 0. The number of β-amino-alcohol motifs (C(OH)–C–C–N with tert-alkyl or cyclic N) is 1. The number of ether oxygens (including phenoxy) is 1. The quantitative estimate of drug-likeness (QED) is 0.540. The lowest BCUT2D eigenvalue weighted by atomic mass is 10.1. The monoisotopic (exact) mass is 217 g/mol. The van der Waals surface area contributed by atoms with Crippen LogP contribution in [-0.4, -0.2) is 47.2 Å². The van der Waals surface area contributed by atoms with Gasteiger partial charge in [0.05, 0.1) is 13.2 Å². The van der Waals surface area contributed by atoms with Crippen molar-refractivity contribution in [2.75, 3.05) is 19.8 Å². The van der Waals surface area contributed by atoms with E-state index in [1.165, 1.54) is 4.90 Å². The van der Waals surface area contributed by atoms with Crippen molar-refractivity contribution < 1.29 is 19.4 Å². The number of hydrogen-bond acceptors (Lipinski definition) is 4. The Bertz CT molecular complexity index is 232. The first-order chi connectivity index (χ1) is 6.84. The van der Waals surface area contributed by atoms with Gasteiger partial charge in [-0.1, -0.05) is 0 Å². The Labute approximate surface area is 90.0 Å². The molecule has 0 aromatic carbocycles. The highest BCUT2D eigenvalue weighted by atomic mass is 16.5. The molecule has 0 rings (SSSR count). The molecular weight excluding hydrogens is 198 g/mol. The van der Waals surface area contributed by atoms with Gasteiger partial charge in [-0.05, 0) is 27.7 Å². The number of aliphatic hydroxyl groups is 1. The first kappa shape index (κ1) is 13.9. The topological polar surface area (TPSA) is 66.8 Å². The van der Waals surface area contributed by atoms with Gasteiger partial charge in [0.2, 0.25) is 0 Å². The zero-order chi connectivity index (χ0) is 12.1. The zero-order valence-electron chi connectivity index (χ0n) is 9.74. The van der Waals surface area contributed by atoms with E-state index in [1.807, 2.05) is 0 Å². The summed E-state index contributed by atoms with van der Waals surface area (Å²) in [7, 11) is 0. The lowest BCUT2D eigenvalue weighted by molar-refractivity contribution is -0.162. The van der Waals surface area contributed by atoms with Crippen LogP contribution in [0.1, 0.15) is 27.7 Å². The molecule has 1 amide bonds. The minimum Gasteiger partial charge on any atom is -0.459 e. The number of nitrogens with zero attached hydrogens (tertiary/aromatic N) is 1. The summed E-state index contributed by atoms with van der Waals surface area (Å²) in [5, 5.41) is 8.81. The van der Waals surface area contributed by atoms with Crippen molar-refractivity contribution in [3.05, 3.63) is 0 Å². The van der Waals surface area contributed by atoms with E-state index < -0.39 is 17.4 Å². The summed E-state index contributed by atoms with van der Waals surface area (Å²) in [6.45, 7) is 7.13. The standard InChI is InChI=1S/C10H19NO4/c1-5-15-9(14)8(13)11(6-7-12)10(2,3)4/h12H,5-7H2,1-4H3. The van der Waals surface area contributed by atoms with Crippen LogP contribution in [0.15, 0.2) is 0 Å². The van der Waals surface area contributed by atoms with Gasteiger partial charge in [0, 0.05) is 12.1 Å². The van der Waals surface area contributed by atoms with E-state index in [0.717, 1.165) is 0 Å². The van der Waals surface area contributed by atoms with E-state index >= 15 is 0 Å². The van der Waals surface area contributed by atoms with E-state index in [1.54, 1.807) is 27.7 Å². The third-order valence-corrected chi connectivity index (χ3v) is 1.83. The van der Waals surface area contributed by atoms with Crippen LogP contribution in [-0.2, 0) is 14.3 Å². The molecule has 0 spiro atoms. The summed E-state index contributed by atoms with van der Waals surface area (Å²) in [4.78, 5) is 24.1. The van der Waals surface area contributed by atoms with E-state index in [9.17, 15) is 9.59 Å². The van der Waals surface area contributed by atoms with Gasteiger partial charge < -0.3 is 14.7 Å². The molecule has 0 aromatic rings. The Kier molecular flexibility index (Phi) is 5.28. The second-order valence-corrected chi connectivity index (χ2v) is 4.07. The second-order valence-electron chi connectivity index (χ2n) is 4.07. The van der Waals surface area contributed by atoms with E-state index in [-0.39, 0.29) is 19.8 Å². The van der Waals surface area contributed by atoms with Crippen LogP contribution in [0.5, 0.6) is 0 Å². The number of carbonyl (C=O) groups excluding carboxylic acids is 2. The maximum absolute atomic E-state index is 11.6. The van der Waals surface area contributed by atoms with Crippen LogP contribution in [0.2, 0.25) is 0 Å². The lowest BCUT2D eigenvalue weighted by Gasteiger charge is -2.34. The number of rotatable bonds is 3. The summed E-state index contributed by atoms with van der Waals surface area (Å²) in [6, 6.07) is 0. The van der Waals surface area contributed by atoms with E-state index in [2.05, 4.69) is 4.74 Å². The third kappa shape index (κ3) is 4.29. The molecule has 15 heavy (non-hydrogen) atoms. The summed E-state index contributed by atoms with van der Waals surface area (Å²) in [5.74, 6) is -1.58. The van der Waals surface area contributed by atoms with Crippen molar-refractivity contribution in [2.45, 2.75) is 33.2 Å². The third-order valence-electron chi connectivity index (χ3n) is 1.83. The predicted molar refractivity (Wildman–Crippen MR) is 55.2 cm³/mol. The molecule has 0 bridgehead atoms. The first-order valence-corrected chi connectivity index (χ1v) is 4.94. The maximum atomic E-state index is 11.6. The molecule has 0 unspecified atom stereocenters. The van der Waals surface area contributed by atoms with Crippen molar-refractivity contribution in [1.29, 1.82) is 0 Å². The molecule has 0 aliphatic carbocycles. The highest BCUT2D eigenvalue weighted by molar-refractivity contribution is 6.32. The SMILES string of the molecule is CCOC(=O)C(=O)N(CCO)C(C)(C)C. The van der Waals surface area contributed by atoms with E-state index in [0.29, 0.717) is 0 Å². The van der Waals surface area contributed by atoms with Gasteiger partial charge >= 0.3 is 11.9 Å². The van der Waals surface area contributed by atoms with Gasteiger partial charge in [-0.15, -0.1) is 0 Å². The normalized spacial score (nSPS) is 11.0. The number of carbonyl (C=O) groups is 2. The highest BCUT2D eigenvalue weighted by Crippen LogP contribution is 2.13. The fourth-order valence-electron chi connectivity index (χ4n) is 1.14. The molecule has 0 heterocycles. The molecule has 0 aliphatic rings. The minimum atomic E-state index is -0.874. The predicted octanol–water partition coefficient (Wildman–Crippen LogP) is 0.169. The van der Waals surface area contributed by atoms with Crippen LogP contribution in [0.25, 0.3) is 0 Å². The largest absolute Gasteiger partial charge is 0.459 e. The summed E-state index contributed by atoms with van der Waals surface area (Å²) in [5.41, 5.74) is -0.507. The smallest absolute Gasteiger partial charge is 0.397 e. The van der Waals surface area contributed by atoms with Gasteiger partial charge in [0.25, 0.3) is 0 Å². The van der Waals surface area contributed by atoms with Crippen molar-refractivity contribution in [2.24, 2.45) is 0 Å². The fourth-order valence-corrected chi connectivity index (χ4v) is 1.14. The number of amides is 1. The summed E-state index contributed by atoms with van der Waals surface area (Å²) < 4.78 is 4.61. The Hall–Kier alpha value is -1.10. The molecule has 88 valence electrons. The van der Waals surface area contributed by atoms with Gasteiger partial charge in [0.1, 0.15) is 0 Å². The Morgan fingerprint density at radius 3 is 2.20 bits per heavy atom. The number of esters is 1.